The molecule has 2 unspecified atom stereocenters. The quantitative estimate of drug-likeness (QED) is 0.0173. The summed E-state index contributed by atoms with van der Waals surface area (Å²) in [4.78, 5) is 10.9. The van der Waals surface area contributed by atoms with Crippen LogP contribution in [0.1, 0.15) is 241 Å². The maximum absolute atomic E-state index is 4.83. The Kier molecular flexibility index (Phi) is 75.6. The third-order valence-electron chi connectivity index (χ3n) is 20.3. The summed E-state index contributed by atoms with van der Waals surface area (Å²) in [6.45, 7) is 35.9. The van der Waals surface area contributed by atoms with Crippen molar-refractivity contribution in [3.63, 3.8) is 0 Å². The van der Waals surface area contributed by atoms with Gasteiger partial charge in [0.15, 0.2) is 4.30 Å². The van der Waals surface area contributed by atoms with Gasteiger partial charge in [0.05, 0.1) is 5.52 Å². The molecule has 1 aromatic heterocycles. The summed E-state index contributed by atoms with van der Waals surface area (Å²) in [5.41, 5.74) is 16.8. The van der Waals surface area contributed by atoms with Gasteiger partial charge >= 0.3 is 248 Å². The molecule has 7 aromatic rings. The molecule has 12 rings (SSSR count). The van der Waals surface area contributed by atoms with Crippen LogP contribution >= 0.6 is 63.5 Å². The monoisotopic (exact) mass is 1850 g/mol. The first-order chi connectivity index (χ1) is 51.3. The summed E-state index contributed by atoms with van der Waals surface area (Å²) in [5.74, 6) is 0. The van der Waals surface area contributed by atoms with Crippen molar-refractivity contribution < 1.29 is 40.6 Å². The van der Waals surface area contributed by atoms with Crippen LogP contribution in [0.5, 0.6) is 0 Å². The van der Waals surface area contributed by atoms with E-state index in [0.29, 0.717) is 4.83 Å². The van der Waals surface area contributed by atoms with E-state index in [1.807, 2.05) is 36.7 Å². The number of nitrogens with zero attached hydrogens (tertiary/aromatic N) is 8. The van der Waals surface area contributed by atoms with E-state index in [1.54, 1.807) is 30.1 Å². The maximum Gasteiger partial charge on any atom is 2.00 e. The Bertz CT molecular complexity index is 3300. The van der Waals surface area contributed by atoms with Crippen molar-refractivity contribution in [1.82, 2.24) is 15.0 Å². The van der Waals surface area contributed by atoms with Crippen molar-refractivity contribution in [2.45, 2.75) is 278 Å². The molecule has 6 heterocycles. The Labute approximate surface area is 760 Å². The van der Waals surface area contributed by atoms with Crippen molar-refractivity contribution >= 4 is 152 Å². The third kappa shape index (κ3) is 44.3. The molecule has 20 heteroatoms. The van der Waals surface area contributed by atoms with Crippen LogP contribution in [0.25, 0.3) is 11.0 Å². The van der Waals surface area contributed by atoms with E-state index in [1.165, 1.54) is 226 Å². The van der Waals surface area contributed by atoms with Gasteiger partial charge in [-0.25, -0.2) is 4.68 Å². The van der Waals surface area contributed by atoms with E-state index in [-0.39, 0.29) is 88.6 Å². The zero-order chi connectivity index (χ0) is 76.1. The number of halogens is 5. The predicted octanol–water partition coefficient (Wildman–Crippen LogP) is 21.8. The van der Waals surface area contributed by atoms with E-state index >= 15 is 0 Å². The van der Waals surface area contributed by atoms with Crippen molar-refractivity contribution in [1.29, 1.82) is 0 Å². The van der Waals surface area contributed by atoms with Crippen LogP contribution in [0.15, 0.2) is 150 Å². The van der Waals surface area contributed by atoms with Gasteiger partial charge in [0.25, 0.3) is 0 Å². The number of para-hydroxylation sites is 6. The van der Waals surface area contributed by atoms with E-state index in [4.69, 9.17) is 39.5 Å². The summed E-state index contributed by atoms with van der Waals surface area (Å²) in [7, 11) is 4.34. The van der Waals surface area contributed by atoms with Gasteiger partial charge in [-0.05, 0) is 130 Å². The van der Waals surface area contributed by atoms with Gasteiger partial charge in [0.2, 0.25) is 0 Å². The summed E-state index contributed by atoms with van der Waals surface area (Å²) < 4.78 is 14.8. The van der Waals surface area contributed by atoms with Crippen LogP contribution in [0, 0.1) is 14.4 Å². The van der Waals surface area contributed by atoms with Crippen LogP contribution < -0.4 is 60.8 Å². The first kappa shape index (κ1) is 116. The summed E-state index contributed by atoms with van der Waals surface area (Å²) in [6, 6.07) is 52.4. The minimum Gasteiger partial charge on any atom is -1.00 e. The number of thiol groups is 1. The van der Waals surface area contributed by atoms with Crippen LogP contribution in [-0.4, -0.2) is 139 Å². The van der Waals surface area contributed by atoms with Gasteiger partial charge in [-0.1, -0.05) is 216 Å². The number of aromatic nitrogens is 3. The number of rotatable bonds is 27. The number of hydrogen-bond donors (Lipinski definition) is 2. The minimum atomic E-state index is -2.18. The van der Waals surface area contributed by atoms with Gasteiger partial charge in [-0.3, -0.25) is 0 Å². The number of hydrogen-bond acceptors (Lipinski definition) is 10. The SMILES string of the molecule is C.C.C.CCCCCN1CC(Br)Cc2ccccc21.CCCCCN1CCCc2ccccc21.CCCCCN1C[CH]([Sn]([CH2]CCC)([CH2]CCC)[CH2]CCC)Cc2ccccc21.CCOCC.ClC(Cl)Cl.[B]=NS.[Br-].[CH2-]CCC.[CH3-].[Li+].[Mg+2].c1ccc2c(c1)CCCN2.c1ccc2c(c1)CCCN2Cn1nnc2ccccc21. The van der Waals surface area contributed by atoms with Gasteiger partial charge in [-0.15, -0.1) is 5.10 Å². The molecule has 5 aliphatic rings. The van der Waals surface area contributed by atoms with Gasteiger partial charge in [0.1, 0.15) is 12.2 Å². The second-order valence-corrected chi connectivity index (χ2v) is 46.2. The molecule has 10 nitrogen and oxygen atoms in total. The Hall–Kier alpha value is -2.11. The van der Waals surface area contributed by atoms with E-state index in [0.717, 1.165) is 60.9 Å². The fraction of sp³-hybridized carbons (Fsp3) is 0.587. The zero-order valence-electron chi connectivity index (χ0n) is 69.5. The van der Waals surface area contributed by atoms with Gasteiger partial charge in [0, 0.05) is 80.1 Å². The van der Waals surface area contributed by atoms with Crippen LogP contribution in [-0.2, 0) is 43.5 Å². The van der Waals surface area contributed by atoms with Crippen molar-refractivity contribution in [2.75, 3.05) is 90.5 Å². The molecule has 1 radical (unpaired) electrons. The molecule has 5 aliphatic heterocycles. The molecular weight excluding hydrogens is 1710 g/mol. The second kappa shape index (κ2) is 72.9. The number of benzene rings is 6. The van der Waals surface area contributed by atoms with E-state index in [2.05, 4.69) is 259 Å². The van der Waals surface area contributed by atoms with E-state index < -0.39 is 22.7 Å². The second-order valence-electron chi connectivity index (χ2n) is 28.3. The molecule has 0 saturated carbocycles. The fourth-order valence-electron chi connectivity index (χ4n) is 14.8. The molecule has 0 aliphatic carbocycles. The minimum absolute atomic E-state index is 0. The Morgan fingerprint density at radius 1 is 0.536 bits per heavy atom. The molecule has 621 valence electrons. The topological polar surface area (TPSA) is 77.3 Å². The average molecular weight is 1860 g/mol. The number of fused-ring (bicyclic) bond motifs is 6. The molecule has 112 heavy (non-hydrogen) atoms. The summed E-state index contributed by atoms with van der Waals surface area (Å²) in [6.07, 6.45) is 33.0. The van der Waals surface area contributed by atoms with Crippen LogP contribution in [0.2, 0.25) is 17.2 Å². The first-order valence-corrected chi connectivity index (χ1v) is 51.0. The zero-order valence-corrected chi connectivity index (χ0v) is 80.1. The molecule has 0 saturated heterocycles. The van der Waals surface area contributed by atoms with Crippen molar-refractivity contribution in [3.8, 4) is 0 Å². The standard InChI is InChI=1S/C16H16N4.C14H20BrN.C14H21N.C14H20N.C9H11N.C4H10O.4C4H9.CHCl3.3CH4.CH3.BHNS.BrH.Li.Mg.Sn/c1-3-9-15-13(6-1)7-5-11-19(15)12-20-16-10-4-2-8-14(16)17-18-20;1-2-3-6-9-16-11-13(15)10-12-7-4-5-8-14(12)16;2*1-2-3-6-11-15-12-7-9-13-8-4-5-10-14(13)15;1-2-6-9-8(4-1)5-3-7-10-9;1-3-5-4-2;4*1-3-4-2;2-1(3)4;;;;;1-2-3;;;;/h1-4,6,8-10H,5,7,11-12H2;4-5,7-8,13H,2-3,6,9-11H2,1H3;4-5,8,10H,2-3,6-7,9,11-12H2,1H3;4-5,7-8,10H,2-3,6,9,11-12H2,1H3;1-2,4,6,10H,3,5,7H2;3-4H2,1-2H3;4*1,3-4H2,2H3;1H;3*1H4;1H3;3H;1H;;;/q;;;;;;;;;-1;;;;;-1;;;+1;+2;/p-1. The smallest absolute Gasteiger partial charge is 1.00 e. The Morgan fingerprint density at radius 2 is 0.911 bits per heavy atom. The average Bonchev–Trinajstić information content (AvgIpc) is 0.883. The van der Waals surface area contributed by atoms with Crippen LogP contribution in [0.3, 0.4) is 0 Å². The van der Waals surface area contributed by atoms with Gasteiger partial charge < -0.3 is 56.1 Å². The van der Waals surface area contributed by atoms with E-state index in [9.17, 15) is 0 Å². The molecule has 1 N–H and O–H groups in total. The molecule has 6 aromatic carbocycles. The fourth-order valence-corrected chi connectivity index (χ4v) is 33.8. The first-order valence-electron chi connectivity index (χ1n) is 40.7. The normalized spacial score (nSPS) is 14.1. The predicted molar refractivity (Wildman–Crippen MR) is 508 cm³/mol. The number of ether oxygens (including phenoxy) is 1. The molecular formula is C92H151BBr2Cl3LiMgN9OSSn. The molecule has 0 bridgehead atoms. The largest absolute Gasteiger partial charge is 2.00 e. The number of aryl methyl sites for hydroxylation is 3. The number of nitrogens with one attached hydrogen (secondary N) is 1. The number of unbranched alkanes of at least 4 members (excludes halogenated alkanes) is 10. The Balaban J connectivity index is -0.000000624. The van der Waals surface area contributed by atoms with Crippen LogP contribution in [0.4, 0.5) is 28.4 Å². The summed E-state index contributed by atoms with van der Waals surface area (Å²) in [5, 5.41) is 11.9. The van der Waals surface area contributed by atoms with Crippen molar-refractivity contribution in [2.24, 2.45) is 4.30 Å². The number of anilines is 5. The number of alkyl halides is 4. The molecule has 2 atom stereocenters. The third-order valence-corrected chi connectivity index (χ3v) is 38.5. The van der Waals surface area contributed by atoms with Gasteiger partial charge in [-0.2, -0.15) is 6.42 Å². The molecule has 0 amide bonds. The molecule has 0 fully saturated rings. The Morgan fingerprint density at radius 3 is 1.36 bits per heavy atom. The maximum atomic E-state index is 4.83. The van der Waals surface area contributed by atoms with Crippen molar-refractivity contribution in [3.05, 3.63) is 188 Å². The molecule has 0 spiro atoms. The summed E-state index contributed by atoms with van der Waals surface area (Å²) >= 11 is 19.2.